The number of aromatic amines is 1. The number of rotatable bonds is 5. The Morgan fingerprint density at radius 2 is 2.11 bits per heavy atom. The van der Waals surface area contributed by atoms with Gasteiger partial charge in [0.2, 0.25) is 0 Å². The Morgan fingerprint density at radius 1 is 1.44 bits per heavy atom. The maximum Gasteiger partial charge on any atom is 0.261 e. The molecule has 1 aromatic heterocycles. The number of aryl methyl sites for hydroxylation is 2. The highest BCUT2D eigenvalue weighted by atomic mass is 16.2. The maximum absolute atomic E-state index is 11.9. The summed E-state index contributed by atoms with van der Waals surface area (Å²) in [6, 6.07) is 1.72. The minimum atomic E-state index is -0.311. The first-order valence-corrected chi connectivity index (χ1v) is 6.46. The van der Waals surface area contributed by atoms with Crippen molar-refractivity contribution in [1.82, 2.24) is 10.3 Å². The highest BCUT2D eigenvalue weighted by Crippen LogP contribution is 2.08. The zero-order chi connectivity index (χ0) is 13.7. The van der Waals surface area contributed by atoms with E-state index in [0.717, 1.165) is 24.1 Å². The zero-order valence-electron chi connectivity index (χ0n) is 11.6. The Hall–Kier alpha value is -1.58. The predicted octanol–water partition coefficient (Wildman–Crippen LogP) is 2.02. The molecule has 0 spiro atoms. The van der Waals surface area contributed by atoms with E-state index in [1.54, 1.807) is 6.07 Å². The molecule has 4 heteroatoms. The molecule has 0 aromatic carbocycles. The molecule has 100 valence electrons. The second-order valence-corrected chi connectivity index (χ2v) is 5.02. The third kappa shape index (κ3) is 3.72. The van der Waals surface area contributed by atoms with E-state index >= 15 is 0 Å². The fraction of sp³-hybridized carbons (Fsp3) is 0.571. The molecule has 0 aliphatic heterocycles. The van der Waals surface area contributed by atoms with Crippen LogP contribution in [-0.2, 0) is 6.42 Å². The normalized spacial score (nSPS) is 10.7. The molecule has 0 aliphatic rings. The van der Waals surface area contributed by atoms with Crippen LogP contribution < -0.4 is 10.9 Å². The molecule has 18 heavy (non-hydrogen) atoms. The Balaban J connectivity index is 2.97. The lowest BCUT2D eigenvalue weighted by Gasteiger charge is -2.09. The van der Waals surface area contributed by atoms with Crippen molar-refractivity contribution in [1.29, 1.82) is 0 Å². The smallest absolute Gasteiger partial charge is 0.261 e. The van der Waals surface area contributed by atoms with Gasteiger partial charge in [-0.05, 0) is 30.9 Å². The second-order valence-electron chi connectivity index (χ2n) is 5.02. The summed E-state index contributed by atoms with van der Waals surface area (Å²) in [6.45, 7) is 8.55. The van der Waals surface area contributed by atoms with Crippen molar-refractivity contribution in [3.63, 3.8) is 0 Å². The van der Waals surface area contributed by atoms with Crippen LogP contribution in [0, 0.1) is 12.8 Å². The van der Waals surface area contributed by atoms with Gasteiger partial charge in [-0.3, -0.25) is 9.59 Å². The van der Waals surface area contributed by atoms with Crippen molar-refractivity contribution in [3.8, 4) is 0 Å². The summed E-state index contributed by atoms with van der Waals surface area (Å²) in [5.41, 5.74) is 1.78. The van der Waals surface area contributed by atoms with Gasteiger partial charge in [0.25, 0.3) is 11.5 Å². The van der Waals surface area contributed by atoms with Crippen LogP contribution in [0.2, 0.25) is 0 Å². The van der Waals surface area contributed by atoms with E-state index in [9.17, 15) is 9.59 Å². The third-order valence-electron chi connectivity index (χ3n) is 2.78. The summed E-state index contributed by atoms with van der Waals surface area (Å²) in [5, 5.41) is 2.77. The highest BCUT2D eigenvalue weighted by Gasteiger charge is 2.13. The third-order valence-corrected chi connectivity index (χ3v) is 2.78. The number of nitrogens with one attached hydrogen (secondary N) is 2. The Morgan fingerprint density at radius 3 is 2.67 bits per heavy atom. The molecule has 4 nitrogen and oxygen atoms in total. The molecular weight excluding hydrogens is 228 g/mol. The summed E-state index contributed by atoms with van der Waals surface area (Å²) in [6.07, 6.45) is 1.85. The van der Waals surface area contributed by atoms with Gasteiger partial charge < -0.3 is 10.3 Å². The average Bonchev–Trinajstić information content (AvgIpc) is 2.29. The molecule has 1 aromatic rings. The van der Waals surface area contributed by atoms with Crippen molar-refractivity contribution in [3.05, 3.63) is 33.2 Å². The van der Waals surface area contributed by atoms with Gasteiger partial charge in [0.15, 0.2) is 0 Å². The lowest BCUT2D eigenvalue weighted by Crippen LogP contribution is -2.32. The van der Waals surface area contributed by atoms with Gasteiger partial charge in [-0.15, -0.1) is 0 Å². The van der Waals surface area contributed by atoms with Crippen molar-refractivity contribution in [2.24, 2.45) is 5.92 Å². The molecule has 0 saturated carbocycles. The Kier molecular flexibility index (Phi) is 5.13. The van der Waals surface area contributed by atoms with Crippen molar-refractivity contribution in [2.45, 2.75) is 40.5 Å². The maximum atomic E-state index is 11.9. The van der Waals surface area contributed by atoms with Crippen LogP contribution in [0.5, 0.6) is 0 Å². The van der Waals surface area contributed by atoms with Crippen LogP contribution in [0.15, 0.2) is 10.9 Å². The van der Waals surface area contributed by atoms with Gasteiger partial charge in [-0.1, -0.05) is 27.2 Å². The van der Waals surface area contributed by atoms with E-state index in [0.29, 0.717) is 12.5 Å². The lowest BCUT2D eigenvalue weighted by atomic mass is 10.1. The Bertz CT molecular complexity index is 475. The standard InChI is InChI=1S/C14H22N2O2/c1-5-6-11-7-12(14(18)16-10(11)4)13(17)15-8-9(2)3/h7,9H,5-6,8H2,1-4H3,(H,15,17)(H,16,18). The first kappa shape index (κ1) is 14.5. The van der Waals surface area contributed by atoms with Gasteiger partial charge in [0, 0.05) is 12.2 Å². The molecule has 1 heterocycles. The van der Waals surface area contributed by atoms with Gasteiger partial charge in [0.1, 0.15) is 5.56 Å². The minimum absolute atomic E-state index is 0.213. The minimum Gasteiger partial charge on any atom is -0.352 e. The van der Waals surface area contributed by atoms with Crippen molar-refractivity contribution in [2.75, 3.05) is 6.54 Å². The molecule has 0 aliphatic carbocycles. The van der Waals surface area contributed by atoms with Crippen molar-refractivity contribution >= 4 is 5.91 Å². The van der Waals surface area contributed by atoms with Gasteiger partial charge in [-0.25, -0.2) is 0 Å². The van der Waals surface area contributed by atoms with Crippen LogP contribution in [0.4, 0.5) is 0 Å². The molecule has 0 radical (unpaired) electrons. The first-order valence-electron chi connectivity index (χ1n) is 6.46. The molecule has 0 fully saturated rings. The number of pyridine rings is 1. The van der Waals surface area contributed by atoms with Gasteiger partial charge >= 0.3 is 0 Å². The largest absolute Gasteiger partial charge is 0.352 e. The summed E-state index contributed by atoms with van der Waals surface area (Å²) in [5.74, 6) is 0.0795. The van der Waals surface area contributed by atoms with Crippen LogP contribution in [-0.4, -0.2) is 17.4 Å². The number of amides is 1. The second kappa shape index (κ2) is 6.38. The number of H-pyrrole nitrogens is 1. The SMILES string of the molecule is CCCc1cc(C(=O)NCC(C)C)c(=O)[nH]c1C. The topological polar surface area (TPSA) is 62.0 Å². The van der Waals surface area contributed by atoms with E-state index in [1.807, 2.05) is 20.8 Å². The lowest BCUT2D eigenvalue weighted by molar-refractivity contribution is 0.0947. The molecule has 0 unspecified atom stereocenters. The number of hydrogen-bond donors (Lipinski definition) is 2. The van der Waals surface area contributed by atoms with E-state index in [2.05, 4.69) is 17.2 Å². The van der Waals surface area contributed by atoms with E-state index in [4.69, 9.17) is 0 Å². The van der Waals surface area contributed by atoms with E-state index in [-0.39, 0.29) is 17.0 Å². The molecule has 0 bridgehead atoms. The fourth-order valence-corrected chi connectivity index (χ4v) is 1.76. The van der Waals surface area contributed by atoms with E-state index in [1.165, 1.54) is 0 Å². The van der Waals surface area contributed by atoms with Crippen LogP contribution in [0.25, 0.3) is 0 Å². The molecule has 0 saturated heterocycles. The molecule has 2 N–H and O–H groups in total. The van der Waals surface area contributed by atoms with Gasteiger partial charge in [0.05, 0.1) is 0 Å². The monoisotopic (exact) mass is 250 g/mol. The van der Waals surface area contributed by atoms with Gasteiger partial charge in [-0.2, -0.15) is 0 Å². The number of carbonyl (C=O) groups is 1. The first-order chi connectivity index (χ1) is 8.45. The predicted molar refractivity (Wildman–Crippen MR) is 73.0 cm³/mol. The average molecular weight is 250 g/mol. The summed E-state index contributed by atoms with van der Waals surface area (Å²) < 4.78 is 0. The van der Waals surface area contributed by atoms with E-state index < -0.39 is 0 Å². The summed E-state index contributed by atoms with van der Waals surface area (Å²) in [4.78, 5) is 26.4. The summed E-state index contributed by atoms with van der Waals surface area (Å²) in [7, 11) is 0. The number of hydrogen-bond acceptors (Lipinski definition) is 2. The molecule has 1 amide bonds. The molecule has 1 rings (SSSR count). The molecular formula is C14H22N2O2. The fourth-order valence-electron chi connectivity index (χ4n) is 1.76. The molecule has 0 atom stereocenters. The van der Waals surface area contributed by atoms with Crippen LogP contribution in [0.1, 0.15) is 48.8 Å². The zero-order valence-corrected chi connectivity index (χ0v) is 11.6. The highest BCUT2D eigenvalue weighted by molar-refractivity contribution is 5.94. The van der Waals surface area contributed by atoms with Crippen molar-refractivity contribution < 1.29 is 4.79 Å². The summed E-state index contributed by atoms with van der Waals surface area (Å²) >= 11 is 0. The number of aromatic nitrogens is 1. The van der Waals surface area contributed by atoms with Crippen LogP contribution >= 0.6 is 0 Å². The number of carbonyl (C=O) groups excluding carboxylic acids is 1. The quantitative estimate of drug-likeness (QED) is 0.840. The van der Waals surface area contributed by atoms with Crippen LogP contribution in [0.3, 0.4) is 0 Å². The Labute approximate surface area is 108 Å².